The Balaban J connectivity index is 0.00000152. The average Bonchev–Trinajstić information content (AvgIpc) is 4.10. The molecule has 84 heavy (non-hydrogen) atoms. The number of nitrogens with one attached hydrogen (secondary N) is 8. The Morgan fingerprint density at radius 2 is 1.36 bits per heavy atom. The van der Waals surface area contributed by atoms with E-state index < -0.39 is 126 Å². The molecule has 17 N–H and O–H groups in total. The number of nitrogens with two attached hydrogens (primary N) is 3. The minimum Gasteiger partial charge on any atom is -0.480 e. The number of alkyl halides is 6. The fraction of sp³-hybridized carbons (Fsp3) is 0.608. The van der Waals surface area contributed by atoms with Crippen LogP contribution in [0, 0.1) is 11.8 Å². The molecule has 0 saturated carbocycles. The number of halogens is 6. The lowest BCUT2D eigenvalue weighted by Crippen LogP contribution is -2.60. The standard InChI is InChI=1S/C47H73N13O10.2C2HF3O2/c1-5-27(4)39(44(67)58-35(46(69)70)22-26(2)3)59-42(65)34(23-28-24-52-30-13-7-6-12-29(28)30)57-43(66)36-16-11-21-60(36)45(68)33(15-10-20-51-47(49)50)56-41(64)31(14-8-9-19-48)55-38(62)25-53-40(63)32-17-18-37(61)54-32;2*3-2(4,5)1(6)7/h6-7,12-13,24,26-27,31-36,39,52H,5,8-11,14-23,25,48H2,1-4H3,(H,53,63)(H,54,61)(H,55,62)(H,56,64)(H,57,66)(H,58,67)(H,59,65)(H,69,70)(H4,49,50,51);2*(H,6,7). The number of likely N-dealkylation sites (tertiary alicyclic amines) is 1. The number of guanidine groups is 1. The second-order valence-corrected chi connectivity index (χ2v) is 20.1. The SMILES string of the molecule is CCC(C)C(NC(=O)C(Cc1c[nH]c2ccccc12)NC(=O)C1CCCN1C(=O)C(CCCN=C(N)N)NC(=O)C(CCCCN)NC(=O)CNC(=O)C1CCC(=O)N1)C(=O)NC(CC(C)C)C(=O)O.O=C(O)C(F)(F)F.O=C(O)C(F)(F)F. The average molecular weight is 1210 g/mol. The van der Waals surface area contributed by atoms with E-state index in [2.05, 4.69) is 47.2 Å². The topological polar surface area (TPSA) is 442 Å². The second kappa shape index (κ2) is 34.4. The highest BCUT2D eigenvalue weighted by atomic mass is 19.4. The van der Waals surface area contributed by atoms with Crippen molar-refractivity contribution in [2.24, 2.45) is 34.0 Å². The van der Waals surface area contributed by atoms with Gasteiger partial charge < -0.3 is 79.6 Å². The lowest BCUT2D eigenvalue weighted by molar-refractivity contribution is -0.193. The summed E-state index contributed by atoms with van der Waals surface area (Å²) < 4.78 is 63.5. The summed E-state index contributed by atoms with van der Waals surface area (Å²) in [6.07, 6.45) is -5.41. The van der Waals surface area contributed by atoms with E-state index >= 15 is 0 Å². The normalized spacial score (nSPS) is 17.0. The summed E-state index contributed by atoms with van der Waals surface area (Å²) in [5, 5.41) is 43.6. The van der Waals surface area contributed by atoms with Crippen LogP contribution in [0.25, 0.3) is 10.9 Å². The molecule has 0 bridgehead atoms. The van der Waals surface area contributed by atoms with Crippen LogP contribution in [0.2, 0.25) is 0 Å². The molecule has 27 nitrogen and oxygen atoms in total. The number of amides is 8. The summed E-state index contributed by atoms with van der Waals surface area (Å²) in [6.45, 7) is 7.32. The number of aliphatic carboxylic acids is 3. The highest BCUT2D eigenvalue weighted by Gasteiger charge is 2.42. The van der Waals surface area contributed by atoms with Crippen molar-refractivity contribution < 1.29 is 94.4 Å². The Bertz CT molecular complexity index is 2610. The van der Waals surface area contributed by atoms with Crippen LogP contribution in [-0.4, -0.2) is 177 Å². The van der Waals surface area contributed by atoms with Gasteiger partial charge in [-0.25, -0.2) is 14.4 Å². The molecule has 2 aliphatic rings. The molecule has 1 aromatic heterocycles. The number of aromatic nitrogens is 1. The molecule has 470 valence electrons. The molecule has 2 saturated heterocycles. The van der Waals surface area contributed by atoms with Crippen molar-refractivity contribution in [1.82, 2.24) is 47.1 Å². The van der Waals surface area contributed by atoms with Crippen molar-refractivity contribution in [3.8, 4) is 0 Å². The Kier molecular flexibility index (Phi) is 29.4. The van der Waals surface area contributed by atoms with E-state index in [9.17, 15) is 74.6 Å². The van der Waals surface area contributed by atoms with Crippen LogP contribution >= 0.6 is 0 Å². The van der Waals surface area contributed by atoms with Crippen molar-refractivity contribution >= 4 is 82.0 Å². The predicted molar refractivity (Wildman–Crippen MR) is 287 cm³/mol. The molecule has 8 atom stereocenters. The number of carbonyl (C=O) groups is 11. The van der Waals surface area contributed by atoms with E-state index in [1.165, 1.54) is 4.90 Å². The molecule has 3 heterocycles. The molecule has 2 aliphatic heterocycles. The molecule has 0 radical (unpaired) electrons. The molecule has 0 aliphatic carbocycles. The maximum atomic E-state index is 14.6. The van der Waals surface area contributed by atoms with Crippen molar-refractivity contribution in [1.29, 1.82) is 0 Å². The van der Waals surface area contributed by atoms with Gasteiger partial charge in [-0.05, 0) is 87.8 Å². The zero-order valence-electron chi connectivity index (χ0n) is 46.6. The third-order valence-corrected chi connectivity index (χ3v) is 13.1. The molecule has 0 spiro atoms. The number of para-hydroxylation sites is 1. The minimum atomic E-state index is -5.08. The van der Waals surface area contributed by atoms with Crippen molar-refractivity contribution in [3.05, 3.63) is 36.0 Å². The highest BCUT2D eigenvalue weighted by molar-refractivity contribution is 5.98. The number of unbranched alkanes of at least 4 members (excludes halogenated alkanes) is 1. The van der Waals surface area contributed by atoms with Gasteiger partial charge in [0.25, 0.3) is 0 Å². The summed E-state index contributed by atoms with van der Waals surface area (Å²) in [6, 6.07) is -0.472. The molecule has 1 aromatic carbocycles. The Hall–Kier alpha value is -8.26. The number of carbonyl (C=O) groups excluding carboxylic acids is 8. The number of fused-ring (bicyclic) bond motifs is 1. The number of carboxylic acid groups (broad SMARTS) is 3. The third kappa shape index (κ3) is 24.7. The summed E-state index contributed by atoms with van der Waals surface area (Å²) in [5.74, 6) is -12.2. The number of aromatic amines is 1. The van der Waals surface area contributed by atoms with Crippen molar-refractivity contribution in [3.63, 3.8) is 0 Å². The van der Waals surface area contributed by atoms with Gasteiger partial charge in [-0.2, -0.15) is 26.3 Å². The van der Waals surface area contributed by atoms with Gasteiger partial charge in [0.2, 0.25) is 47.3 Å². The molecule has 33 heteroatoms. The van der Waals surface area contributed by atoms with Crippen LogP contribution < -0.4 is 54.4 Å². The van der Waals surface area contributed by atoms with E-state index in [1.54, 1.807) is 13.1 Å². The first-order valence-corrected chi connectivity index (χ1v) is 26.7. The number of hydrogen-bond donors (Lipinski definition) is 14. The third-order valence-electron chi connectivity index (χ3n) is 13.1. The molecule has 4 rings (SSSR count). The first-order valence-electron chi connectivity index (χ1n) is 26.7. The molecule has 2 fully saturated rings. The summed E-state index contributed by atoms with van der Waals surface area (Å²) in [4.78, 5) is 147. The monoisotopic (exact) mass is 1210 g/mol. The van der Waals surface area contributed by atoms with E-state index in [-0.39, 0.29) is 82.2 Å². The van der Waals surface area contributed by atoms with E-state index in [0.717, 1.165) is 10.9 Å². The van der Waals surface area contributed by atoms with Gasteiger partial charge in [0.15, 0.2) is 5.96 Å². The van der Waals surface area contributed by atoms with Gasteiger partial charge in [-0.15, -0.1) is 0 Å². The Morgan fingerprint density at radius 1 is 0.762 bits per heavy atom. The first-order chi connectivity index (χ1) is 39.2. The van der Waals surface area contributed by atoms with E-state index in [4.69, 9.17) is 37.0 Å². The Labute approximate surface area is 478 Å². The number of aliphatic imine (C=N–C) groups is 1. The summed E-state index contributed by atoms with van der Waals surface area (Å²) >= 11 is 0. The van der Waals surface area contributed by atoms with Gasteiger partial charge in [0.05, 0.1) is 6.54 Å². The molecule has 2 aromatic rings. The second-order valence-electron chi connectivity index (χ2n) is 20.1. The quantitative estimate of drug-likeness (QED) is 0.0233. The smallest absolute Gasteiger partial charge is 0.480 e. The number of nitrogens with zero attached hydrogens (tertiary/aromatic N) is 2. The fourth-order valence-electron chi connectivity index (χ4n) is 8.55. The van der Waals surface area contributed by atoms with Crippen LogP contribution in [0.15, 0.2) is 35.5 Å². The van der Waals surface area contributed by atoms with Crippen molar-refractivity contribution in [2.45, 2.75) is 159 Å². The number of rotatable bonds is 28. The van der Waals surface area contributed by atoms with Crippen LogP contribution in [0.3, 0.4) is 0 Å². The number of carboxylic acids is 3. The number of benzene rings is 1. The highest BCUT2D eigenvalue weighted by Crippen LogP contribution is 2.23. The van der Waals surface area contributed by atoms with Crippen LogP contribution in [0.4, 0.5) is 26.3 Å². The lowest BCUT2D eigenvalue weighted by Gasteiger charge is -2.31. The van der Waals surface area contributed by atoms with Gasteiger partial charge in [0.1, 0.15) is 42.3 Å². The van der Waals surface area contributed by atoms with Gasteiger partial charge in [-0.3, -0.25) is 43.3 Å². The Morgan fingerprint density at radius 3 is 1.90 bits per heavy atom. The van der Waals surface area contributed by atoms with Crippen LogP contribution in [0.1, 0.15) is 104 Å². The zero-order valence-corrected chi connectivity index (χ0v) is 46.6. The van der Waals surface area contributed by atoms with Gasteiger partial charge >= 0.3 is 30.3 Å². The lowest BCUT2D eigenvalue weighted by atomic mass is 9.96. The predicted octanol–water partition coefficient (Wildman–Crippen LogP) is 0.146. The molecule has 8 unspecified atom stereocenters. The zero-order chi connectivity index (χ0) is 63.6. The number of hydrogen-bond acceptors (Lipinski definition) is 13. The van der Waals surface area contributed by atoms with Gasteiger partial charge in [-0.1, -0.05) is 52.3 Å². The molecular weight excluding hydrogens is 1130 g/mol. The summed E-state index contributed by atoms with van der Waals surface area (Å²) in [5.41, 5.74) is 18.3. The number of H-pyrrole nitrogens is 1. The van der Waals surface area contributed by atoms with Gasteiger partial charge in [0, 0.05) is 43.0 Å². The maximum absolute atomic E-state index is 14.6. The van der Waals surface area contributed by atoms with Crippen LogP contribution in [-0.2, 0) is 59.2 Å². The summed E-state index contributed by atoms with van der Waals surface area (Å²) in [7, 11) is 0. The van der Waals surface area contributed by atoms with Crippen molar-refractivity contribution in [2.75, 3.05) is 26.2 Å². The molecule has 8 amide bonds. The van der Waals surface area contributed by atoms with E-state index in [0.29, 0.717) is 37.8 Å². The largest absolute Gasteiger partial charge is 0.490 e. The first kappa shape index (κ1) is 71.8. The van der Waals surface area contributed by atoms with E-state index in [1.807, 2.05) is 45.0 Å². The minimum absolute atomic E-state index is 0.0240. The fourth-order valence-corrected chi connectivity index (χ4v) is 8.55. The molecular formula is C51H75F6N13O14. The maximum Gasteiger partial charge on any atom is 0.490 e. The van der Waals surface area contributed by atoms with Crippen LogP contribution in [0.5, 0.6) is 0 Å².